The van der Waals surface area contributed by atoms with Gasteiger partial charge in [0.15, 0.2) is 0 Å². The number of hydrogen-bond acceptors (Lipinski definition) is 2. The minimum atomic E-state index is 0.962. The van der Waals surface area contributed by atoms with E-state index in [4.69, 9.17) is 0 Å². The largest absolute Gasteiger partial charge is 0.310 e. The summed E-state index contributed by atoms with van der Waals surface area (Å²) in [6, 6.07) is 75.9. The summed E-state index contributed by atoms with van der Waals surface area (Å²) in [5.74, 6) is 14.4. The molecule has 0 unspecified atom stereocenters. The van der Waals surface area contributed by atoms with Crippen LogP contribution in [0.5, 0.6) is 0 Å². The van der Waals surface area contributed by atoms with Gasteiger partial charge < -0.3 is 9.80 Å². The van der Waals surface area contributed by atoms with Crippen molar-refractivity contribution in [2.45, 2.75) is 0 Å². The molecule has 0 bridgehead atoms. The highest BCUT2D eigenvalue weighted by atomic mass is 15.1. The molecule has 2 nitrogen and oxygen atoms in total. The van der Waals surface area contributed by atoms with E-state index in [1.165, 1.54) is 0 Å². The lowest BCUT2D eigenvalue weighted by Crippen LogP contribution is -2.10. The van der Waals surface area contributed by atoms with Gasteiger partial charge in [-0.1, -0.05) is 145 Å². The Kier molecular flexibility index (Phi) is 9.52. The monoisotopic (exact) mass is 712 g/mol. The van der Waals surface area contributed by atoms with Gasteiger partial charge in [0.05, 0.1) is 0 Å². The highest BCUT2D eigenvalue weighted by molar-refractivity contribution is 6.12. The van der Waals surface area contributed by atoms with Gasteiger partial charge >= 0.3 is 0 Å². The molecule has 0 aliphatic carbocycles. The van der Waals surface area contributed by atoms with Crippen molar-refractivity contribution < 1.29 is 0 Å². The van der Waals surface area contributed by atoms with E-state index >= 15 is 0 Å². The van der Waals surface area contributed by atoms with Crippen LogP contribution >= 0.6 is 0 Å². The molecule has 9 rings (SSSR count). The van der Waals surface area contributed by atoms with Crippen molar-refractivity contribution in [1.82, 2.24) is 0 Å². The predicted molar refractivity (Wildman–Crippen MR) is 236 cm³/mol. The van der Waals surface area contributed by atoms with Crippen LogP contribution in [0, 0.1) is 23.7 Å². The summed E-state index contributed by atoms with van der Waals surface area (Å²) in [4.78, 5) is 4.60. The van der Waals surface area contributed by atoms with Gasteiger partial charge in [-0.05, 0) is 108 Å². The molecule has 0 atom stereocenters. The number of rotatable bonds is 6. The number of para-hydroxylation sites is 4. The Labute approximate surface area is 328 Å². The van der Waals surface area contributed by atoms with E-state index < -0.39 is 0 Å². The maximum atomic E-state index is 3.68. The highest BCUT2D eigenvalue weighted by Gasteiger charge is 2.19. The van der Waals surface area contributed by atoms with Gasteiger partial charge in [0.2, 0.25) is 0 Å². The number of fused-ring (bicyclic) bond motifs is 2. The van der Waals surface area contributed by atoms with Crippen LogP contribution < -0.4 is 9.80 Å². The van der Waals surface area contributed by atoms with Crippen molar-refractivity contribution in [1.29, 1.82) is 0 Å². The fourth-order valence-corrected chi connectivity index (χ4v) is 7.27. The molecule has 0 spiro atoms. The van der Waals surface area contributed by atoms with Crippen molar-refractivity contribution in [2.75, 3.05) is 9.80 Å². The average Bonchev–Trinajstić information content (AvgIpc) is 3.27. The van der Waals surface area contributed by atoms with Crippen LogP contribution in [0.25, 0.3) is 21.5 Å². The van der Waals surface area contributed by atoms with Crippen LogP contribution in [0.4, 0.5) is 34.1 Å². The van der Waals surface area contributed by atoms with Gasteiger partial charge in [-0.15, -0.1) is 0 Å². The fraction of sp³-hybridized carbons (Fsp3) is 0. The Balaban J connectivity index is 1.35. The van der Waals surface area contributed by atoms with Crippen molar-refractivity contribution in [3.8, 4) is 23.7 Å². The van der Waals surface area contributed by atoms with E-state index in [2.05, 4.69) is 215 Å². The summed E-state index contributed by atoms with van der Waals surface area (Å²) in [6.07, 6.45) is 0. The smallest absolute Gasteiger partial charge is 0.0468 e. The molecule has 9 aromatic rings. The molecule has 0 saturated carbocycles. The quantitative estimate of drug-likeness (QED) is 0.125. The van der Waals surface area contributed by atoms with Gasteiger partial charge in [-0.3, -0.25) is 0 Å². The van der Waals surface area contributed by atoms with Crippen molar-refractivity contribution in [3.05, 3.63) is 241 Å². The summed E-state index contributed by atoms with van der Waals surface area (Å²) in [5, 5.41) is 4.18. The summed E-state index contributed by atoms with van der Waals surface area (Å²) >= 11 is 0. The van der Waals surface area contributed by atoms with E-state index in [0.717, 1.165) is 77.9 Å². The fourth-order valence-electron chi connectivity index (χ4n) is 7.27. The lowest BCUT2D eigenvalue weighted by molar-refractivity contribution is 1.29. The molecular formula is C54H36N2. The van der Waals surface area contributed by atoms with Crippen LogP contribution in [0.15, 0.2) is 218 Å². The minimum absolute atomic E-state index is 0.962. The summed E-state index contributed by atoms with van der Waals surface area (Å²) < 4.78 is 0. The van der Waals surface area contributed by atoms with Crippen LogP contribution in [-0.2, 0) is 0 Å². The second-order valence-electron chi connectivity index (χ2n) is 13.5. The zero-order valence-electron chi connectivity index (χ0n) is 30.7. The molecule has 0 radical (unpaired) electrons. The Morgan fingerprint density at radius 3 is 0.821 bits per heavy atom. The van der Waals surface area contributed by atoms with Crippen molar-refractivity contribution >= 4 is 55.7 Å². The van der Waals surface area contributed by atoms with Gasteiger partial charge in [0.1, 0.15) is 0 Å². The van der Waals surface area contributed by atoms with E-state index in [9.17, 15) is 0 Å². The standard InChI is InChI=1S/C54H36N2/c1-7-19-41(20-8-1)31-35-49-51-37-33-48(56(45-27-15-5-16-28-45)46-29-17-6-18-30-46)40-54(51)50(36-32-42-21-9-2-10-22-42)52-38-34-47(39-53(49)52)55(43-23-11-3-12-24-43)44-25-13-4-14-26-44/h1-30,33-34,37-40H. The van der Waals surface area contributed by atoms with Crippen molar-refractivity contribution in [2.24, 2.45) is 0 Å². The lowest BCUT2D eigenvalue weighted by Gasteiger charge is -2.27. The van der Waals surface area contributed by atoms with Crippen molar-refractivity contribution in [3.63, 3.8) is 0 Å². The average molecular weight is 713 g/mol. The van der Waals surface area contributed by atoms with E-state index in [1.807, 2.05) is 36.4 Å². The number of anilines is 6. The normalized spacial score (nSPS) is 10.6. The SMILES string of the molecule is C(#Cc1c2ccc(N(c3ccccc3)c3ccccc3)cc2c(C#Cc2ccccc2)c2ccc(N(c3ccccc3)c3ccccc3)cc12)c1ccccc1. The third-order valence-corrected chi connectivity index (χ3v) is 9.87. The molecular weight excluding hydrogens is 677 g/mol. The molecule has 2 heteroatoms. The van der Waals surface area contributed by atoms with Crippen LogP contribution in [0.2, 0.25) is 0 Å². The zero-order chi connectivity index (χ0) is 37.5. The summed E-state index contributed by atoms with van der Waals surface area (Å²) in [6.45, 7) is 0. The Morgan fingerprint density at radius 2 is 0.518 bits per heavy atom. The first-order valence-electron chi connectivity index (χ1n) is 18.8. The number of nitrogens with zero attached hydrogens (tertiary/aromatic N) is 2. The van der Waals surface area contributed by atoms with Gasteiger partial charge in [0, 0.05) is 67.2 Å². The number of hydrogen-bond donors (Lipinski definition) is 0. The third-order valence-electron chi connectivity index (χ3n) is 9.87. The first-order chi connectivity index (χ1) is 27.8. The first kappa shape index (κ1) is 34.0. The number of benzene rings is 9. The van der Waals surface area contributed by atoms with E-state index in [1.54, 1.807) is 0 Å². The van der Waals surface area contributed by atoms with Gasteiger partial charge in [0.25, 0.3) is 0 Å². The Hall–Kier alpha value is -7.78. The summed E-state index contributed by atoms with van der Waals surface area (Å²) in [7, 11) is 0. The molecule has 262 valence electrons. The second-order valence-corrected chi connectivity index (χ2v) is 13.5. The Morgan fingerprint density at radius 1 is 0.232 bits per heavy atom. The topological polar surface area (TPSA) is 6.48 Å². The molecule has 0 heterocycles. The molecule has 9 aromatic carbocycles. The van der Waals surface area contributed by atoms with E-state index in [0.29, 0.717) is 0 Å². The lowest BCUT2D eigenvalue weighted by atomic mass is 9.90. The van der Waals surface area contributed by atoms with Crippen LogP contribution in [0.1, 0.15) is 22.3 Å². The molecule has 0 saturated heterocycles. The molecule has 0 fully saturated rings. The molecule has 0 aliphatic heterocycles. The minimum Gasteiger partial charge on any atom is -0.310 e. The first-order valence-corrected chi connectivity index (χ1v) is 18.8. The molecule has 56 heavy (non-hydrogen) atoms. The maximum Gasteiger partial charge on any atom is 0.0468 e. The maximum absolute atomic E-state index is 3.68. The zero-order valence-corrected chi connectivity index (χ0v) is 30.7. The third kappa shape index (κ3) is 7.00. The van der Waals surface area contributed by atoms with Crippen LogP contribution in [-0.4, -0.2) is 0 Å². The molecule has 0 aliphatic rings. The molecule has 0 amide bonds. The highest BCUT2D eigenvalue weighted by Crippen LogP contribution is 2.42. The predicted octanol–water partition coefficient (Wildman–Crippen LogP) is 13.7. The molecule has 0 N–H and O–H groups in total. The summed E-state index contributed by atoms with van der Waals surface area (Å²) in [5.41, 5.74) is 10.2. The van der Waals surface area contributed by atoms with Gasteiger partial charge in [-0.25, -0.2) is 0 Å². The Bertz CT molecular complexity index is 2600. The van der Waals surface area contributed by atoms with Crippen LogP contribution in [0.3, 0.4) is 0 Å². The van der Waals surface area contributed by atoms with E-state index in [-0.39, 0.29) is 0 Å². The van der Waals surface area contributed by atoms with Gasteiger partial charge in [-0.2, -0.15) is 0 Å². The molecule has 0 aromatic heterocycles. The second kappa shape index (κ2) is 15.7.